The lowest BCUT2D eigenvalue weighted by molar-refractivity contribution is 0.196. The average molecular weight is 343 g/mol. The summed E-state index contributed by atoms with van der Waals surface area (Å²) in [5.74, 6) is 0.456. The number of hydrogen-bond donors (Lipinski definition) is 1. The number of H-pyrrole nitrogens is 1. The van der Waals surface area contributed by atoms with Crippen LogP contribution in [-0.4, -0.2) is 37.6 Å². The van der Waals surface area contributed by atoms with E-state index >= 15 is 0 Å². The van der Waals surface area contributed by atoms with Gasteiger partial charge in [0.25, 0.3) is 5.56 Å². The number of nitrogens with one attached hydrogen (secondary N) is 1. The molecule has 1 aliphatic rings. The maximum Gasteiger partial charge on any atom is 0.259 e. The van der Waals surface area contributed by atoms with Crippen LogP contribution >= 0.6 is 11.3 Å². The molecule has 126 valence electrons. The third-order valence-electron chi connectivity index (χ3n) is 4.66. The van der Waals surface area contributed by atoms with Gasteiger partial charge < -0.3 is 0 Å². The van der Waals surface area contributed by atoms with Crippen molar-refractivity contribution in [2.75, 3.05) is 13.1 Å². The summed E-state index contributed by atoms with van der Waals surface area (Å²) in [5, 5.41) is 9.43. The molecule has 7 heteroatoms. The summed E-state index contributed by atoms with van der Waals surface area (Å²) in [4.78, 5) is 20.1. The molecule has 24 heavy (non-hydrogen) atoms. The Morgan fingerprint density at radius 1 is 1.38 bits per heavy atom. The maximum atomic E-state index is 12.3. The van der Waals surface area contributed by atoms with Crippen molar-refractivity contribution in [1.29, 1.82) is 0 Å². The zero-order valence-corrected chi connectivity index (χ0v) is 14.8. The van der Waals surface area contributed by atoms with Crippen molar-refractivity contribution >= 4 is 16.3 Å². The maximum absolute atomic E-state index is 12.3. The van der Waals surface area contributed by atoms with E-state index in [-0.39, 0.29) is 5.56 Å². The lowest BCUT2D eigenvalue weighted by Crippen LogP contribution is -2.34. The SMILES string of the molecule is Cc1cc(C2CCCN(Cc3cc(=O)n4c(C)csc4n3)C2)n[nH]1. The van der Waals surface area contributed by atoms with Gasteiger partial charge in [-0.2, -0.15) is 5.10 Å². The van der Waals surface area contributed by atoms with Gasteiger partial charge in [0.2, 0.25) is 0 Å². The van der Waals surface area contributed by atoms with Crippen LogP contribution in [0.4, 0.5) is 0 Å². The summed E-state index contributed by atoms with van der Waals surface area (Å²) in [6, 6.07) is 3.81. The van der Waals surface area contributed by atoms with E-state index < -0.39 is 0 Å². The van der Waals surface area contributed by atoms with Crippen molar-refractivity contribution in [2.24, 2.45) is 0 Å². The molecule has 3 aromatic rings. The summed E-state index contributed by atoms with van der Waals surface area (Å²) in [7, 11) is 0. The van der Waals surface area contributed by atoms with Crippen molar-refractivity contribution in [2.45, 2.75) is 39.2 Å². The molecule has 1 saturated heterocycles. The molecule has 1 atom stereocenters. The first-order valence-electron chi connectivity index (χ1n) is 8.31. The Hall–Kier alpha value is -1.99. The predicted octanol–water partition coefficient (Wildman–Crippen LogP) is 2.48. The fourth-order valence-electron chi connectivity index (χ4n) is 3.50. The zero-order valence-electron chi connectivity index (χ0n) is 14.0. The molecule has 4 rings (SSSR count). The molecule has 0 aromatic carbocycles. The number of rotatable bonds is 3. The van der Waals surface area contributed by atoms with Crippen LogP contribution in [-0.2, 0) is 6.54 Å². The van der Waals surface area contributed by atoms with E-state index in [1.54, 1.807) is 10.5 Å². The molecule has 4 heterocycles. The Kier molecular flexibility index (Phi) is 3.97. The highest BCUT2D eigenvalue weighted by Crippen LogP contribution is 2.26. The second-order valence-corrected chi connectivity index (χ2v) is 7.47. The van der Waals surface area contributed by atoms with Gasteiger partial charge in [-0.1, -0.05) is 0 Å². The van der Waals surface area contributed by atoms with Crippen LogP contribution in [0, 0.1) is 13.8 Å². The second-order valence-electron chi connectivity index (χ2n) is 6.63. The lowest BCUT2D eigenvalue weighted by atomic mass is 9.94. The molecule has 0 radical (unpaired) electrons. The van der Waals surface area contributed by atoms with E-state index in [1.165, 1.54) is 17.8 Å². The monoisotopic (exact) mass is 343 g/mol. The predicted molar refractivity (Wildman–Crippen MR) is 94.7 cm³/mol. The normalized spacial score (nSPS) is 19.2. The number of nitrogens with zero attached hydrogens (tertiary/aromatic N) is 4. The first-order chi connectivity index (χ1) is 11.6. The van der Waals surface area contributed by atoms with Crippen molar-refractivity contribution in [3.8, 4) is 0 Å². The molecule has 0 saturated carbocycles. The Balaban J connectivity index is 1.53. The fourth-order valence-corrected chi connectivity index (χ4v) is 4.39. The quantitative estimate of drug-likeness (QED) is 0.793. The first kappa shape index (κ1) is 15.5. The number of aromatic nitrogens is 4. The highest BCUT2D eigenvalue weighted by molar-refractivity contribution is 7.15. The van der Waals surface area contributed by atoms with E-state index in [0.29, 0.717) is 5.92 Å². The fraction of sp³-hybridized carbons (Fsp3) is 0.471. The van der Waals surface area contributed by atoms with Gasteiger partial charge in [-0.25, -0.2) is 4.98 Å². The van der Waals surface area contributed by atoms with Crippen LogP contribution in [0.1, 0.15) is 41.5 Å². The number of likely N-dealkylation sites (tertiary alicyclic amines) is 1. The molecule has 6 nitrogen and oxygen atoms in total. The first-order valence-corrected chi connectivity index (χ1v) is 9.19. The van der Waals surface area contributed by atoms with Gasteiger partial charge >= 0.3 is 0 Å². The Bertz CT molecular complexity index is 925. The Morgan fingerprint density at radius 3 is 3.04 bits per heavy atom. The van der Waals surface area contributed by atoms with Crippen LogP contribution in [0.25, 0.3) is 4.96 Å². The van der Waals surface area contributed by atoms with Gasteiger partial charge in [-0.15, -0.1) is 11.3 Å². The van der Waals surface area contributed by atoms with E-state index in [9.17, 15) is 4.79 Å². The molecule has 1 fully saturated rings. The number of hydrogen-bond acceptors (Lipinski definition) is 5. The zero-order chi connectivity index (χ0) is 16.7. The number of fused-ring (bicyclic) bond motifs is 1. The molecule has 0 bridgehead atoms. The van der Waals surface area contributed by atoms with Crippen LogP contribution < -0.4 is 5.56 Å². The molecular weight excluding hydrogens is 322 g/mol. The number of aryl methyl sites for hydroxylation is 2. The molecular formula is C17H21N5OS. The van der Waals surface area contributed by atoms with Gasteiger partial charge in [0, 0.05) is 41.8 Å². The van der Waals surface area contributed by atoms with E-state index in [4.69, 9.17) is 0 Å². The third-order valence-corrected chi connectivity index (χ3v) is 5.61. The smallest absolute Gasteiger partial charge is 0.259 e. The van der Waals surface area contributed by atoms with Crippen LogP contribution in [0.2, 0.25) is 0 Å². The van der Waals surface area contributed by atoms with Gasteiger partial charge in [0.1, 0.15) is 0 Å². The number of aromatic amines is 1. The minimum absolute atomic E-state index is 0.0187. The minimum atomic E-state index is 0.0187. The molecule has 0 aliphatic carbocycles. The highest BCUT2D eigenvalue weighted by atomic mass is 32.1. The molecule has 0 spiro atoms. The number of thiazole rings is 1. The summed E-state index contributed by atoms with van der Waals surface area (Å²) < 4.78 is 1.68. The number of piperidine rings is 1. The molecule has 3 aromatic heterocycles. The average Bonchev–Trinajstić information content (AvgIpc) is 3.14. The third kappa shape index (κ3) is 2.89. The van der Waals surface area contributed by atoms with E-state index in [1.807, 2.05) is 19.2 Å². The van der Waals surface area contributed by atoms with Crippen LogP contribution in [0.3, 0.4) is 0 Å². The van der Waals surface area contributed by atoms with Crippen molar-refractivity contribution in [3.63, 3.8) is 0 Å². The summed E-state index contributed by atoms with van der Waals surface area (Å²) in [6.45, 7) is 6.71. The van der Waals surface area contributed by atoms with Crippen LogP contribution in [0.5, 0.6) is 0 Å². The molecule has 1 aliphatic heterocycles. The van der Waals surface area contributed by atoms with E-state index in [0.717, 1.165) is 53.8 Å². The van der Waals surface area contributed by atoms with Gasteiger partial charge in [0.05, 0.1) is 11.4 Å². The molecule has 1 unspecified atom stereocenters. The second kappa shape index (κ2) is 6.14. The minimum Gasteiger partial charge on any atom is -0.297 e. The van der Waals surface area contributed by atoms with Crippen molar-refractivity contribution in [1.82, 2.24) is 24.5 Å². The topological polar surface area (TPSA) is 66.3 Å². The molecule has 1 N–H and O–H groups in total. The lowest BCUT2D eigenvalue weighted by Gasteiger charge is -2.31. The summed E-state index contributed by atoms with van der Waals surface area (Å²) in [6.07, 6.45) is 2.32. The highest BCUT2D eigenvalue weighted by Gasteiger charge is 2.23. The molecule has 0 amide bonds. The van der Waals surface area contributed by atoms with Gasteiger partial charge in [-0.3, -0.25) is 19.2 Å². The Morgan fingerprint density at radius 2 is 2.25 bits per heavy atom. The summed E-state index contributed by atoms with van der Waals surface area (Å²) >= 11 is 1.52. The van der Waals surface area contributed by atoms with Gasteiger partial charge in [-0.05, 0) is 39.3 Å². The van der Waals surface area contributed by atoms with Crippen LogP contribution in [0.15, 0.2) is 22.3 Å². The largest absolute Gasteiger partial charge is 0.297 e. The Labute approximate surface area is 144 Å². The van der Waals surface area contributed by atoms with E-state index in [2.05, 4.69) is 26.1 Å². The summed E-state index contributed by atoms with van der Waals surface area (Å²) in [5.41, 5.74) is 4.09. The van der Waals surface area contributed by atoms with Crippen molar-refractivity contribution in [3.05, 3.63) is 50.6 Å². The van der Waals surface area contributed by atoms with Crippen molar-refractivity contribution < 1.29 is 0 Å². The van der Waals surface area contributed by atoms with Gasteiger partial charge in [0.15, 0.2) is 4.96 Å². The standard InChI is InChI=1S/C17H21N5OS/c1-11-6-15(20-19-11)13-4-3-5-21(8-13)9-14-7-16(23)22-12(2)10-24-17(22)18-14/h6-7,10,13H,3-5,8-9H2,1-2H3,(H,19,20).